The average Bonchev–Trinajstić information content (AvgIpc) is 2.72. The lowest BCUT2D eigenvalue weighted by Crippen LogP contribution is -2.34. The highest BCUT2D eigenvalue weighted by Gasteiger charge is 2.19. The van der Waals surface area contributed by atoms with Gasteiger partial charge in [0, 0.05) is 17.7 Å². The SMILES string of the molecule is O=C(CN(CC(=O)c1ccc(O)c(O)c1)Cc1ccccc1)c1ccc(O)c(O)c1. The number of Topliss-reactive ketones (excluding diaryl/α,β-unsaturated/α-hetero) is 2. The molecule has 0 aliphatic heterocycles. The van der Waals surface area contributed by atoms with Crippen molar-refractivity contribution in [3.05, 3.63) is 83.4 Å². The van der Waals surface area contributed by atoms with Gasteiger partial charge in [-0.05, 0) is 42.0 Å². The van der Waals surface area contributed by atoms with E-state index in [1.54, 1.807) is 4.90 Å². The van der Waals surface area contributed by atoms with Crippen LogP contribution in [0, 0.1) is 0 Å². The van der Waals surface area contributed by atoms with Crippen LogP contribution in [-0.4, -0.2) is 50.0 Å². The first-order chi connectivity index (χ1) is 14.3. The van der Waals surface area contributed by atoms with Gasteiger partial charge >= 0.3 is 0 Å². The maximum absolute atomic E-state index is 12.7. The first kappa shape index (κ1) is 20.9. The van der Waals surface area contributed by atoms with Crippen molar-refractivity contribution in [3.8, 4) is 23.0 Å². The van der Waals surface area contributed by atoms with Gasteiger partial charge in [0.05, 0.1) is 13.1 Å². The van der Waals surface area contributed by atoms with Crippen molar-refractivity contribution >= 4 is 11.6 Å². The Balaban J connectivity index is 1.80. The van der Waals surface area contributed by atoms with Crippen molar-refractivity contribution < 1.29 is 30.0 Å². The van der Waals surface area contributed by atoms with Crippen LogP contribution in [0.25, 0.3) is 0 Å². The number of phenols is 4. The van der Waals surface area contributed by atoms with E-state index in [1.807, 2.05) is 30.3 Å². The molecule has 0 unspecified atom stereocenters. The molecule has 154 valence electrons. The van der Waals surface area contributed by atoms with Crippen LogP contribution in [0.1, 0.15) is 26.3 Å². The highest BCUT2D eigenvalue weighted by Crippen LogP contribution is 2.26. The fourth-order valence-electron chi connectivity index (χ4n) is 2.99. The van der Waals surface area contributed by atoms with Gasteiger partial charge in [0.1, 0.15) is 0 Å². The summed E-state index contributed by atoms with van der Waals surface area (Å²) in [5.41, 5.74) is 1.32. The molecule has 0 spiro atoms. The van der Waals surface area contributed by atoms with E-state index in [-0.39, 0.29) is 47.3 Å². The number of ketones is 2. The Morgan fingerprint density at radius 2 is 1.10 bits per heavy atom. The highest BCUT2D eigenvalue weighted by molar-refractivity contribution is 6.00. The first-order valence-corrected chi connectivity index (χ1v) is 9.20. The number of carbonyl (C=O) groups excluding carboxylic acids is 2. The summed E-state index contributed by atoms with van der Waals surface area (Å²) in [5.74, 6) is -2.10. The minimum atomic E-state index is -0.397. The molecule has 0 heterocycles. The molecule has 0 radical (unpaired) electrons. The summed E-state index contributed by atoms with van der Waals surface area (Å²) in [7, 11) is 0. The van der Waals surface area contributed by atoms with Crippen molar-refractivity contribution in [2.45, 2.75) is 6.54 Å². The molecule has 0 aliphatic carbocycles. The number of phenolic OH excluding ortho intramolecular Hbond substituents is 4. The normalized spacial score (nSPS) is 10.8. The molecule has 30 heavy (non-hydrogen) atoms. The van der Waals surface area contributed by atoms with Gasteiger partial charge < -0.3 is 20.4 Å². The lowest BCUT2D eigenvalue weighted by molar-refractivity contribution is 0.0864. The van der Waals surface area contributed by atoms with E-state index in [0.29, 0.717) is 6.54 Å². The minimum absolute atomic E-state index is 0.102. The fraction of sp³-hybridized carbons (Fsp3) is 0.130. The van der Waals surface area contributed by atoms with Gasteiger partial charge in [-0.2, -0.15) is 0 Å². The van der Waals surface area contributed by atoms with Gasteiger partial charge in [-0.3, -0.25) is 14.5 Å². The monoisotopic (exact) mass is 407 g/mol. The number of hydrogen-bond acceptors (Lipinski definition) is 7. The second kappa shape index (κ2) is 9.11. The van der Waals surface area contributed by atoms with Gasteiger partial charge in [-0.25, -0.2) is 0 Å². The number of carbonyl (C=O) groups is 2. The third kappa shape index (κ3) is 5.15. The Bertz CT molecular complexity index is 999. The van der Waals surface area contributed by atoms with Crippen LogP contribution in [0.3, 0.4) is 0 Å². The van der Waals surface area contributed by atoms with Crippen molar-refractivity contribution in [2.75, 3.05) is 13.1 Å². The molecule has 0 saturated heterocycles. The number of benzene rings is 3. The molecular formula is C23H21NO6. The summed E-state index contributed by atoms with van der Waals surface area (Å²) in [6.07, 6.45) is 0. The smallest absolute Gasteiger partial charge is 0.176 e. The Morgan fingerprint density at radius 1 is 0.633 bits per heavy atom. The lowest BCUT2D eigenvalue weighted by atomic mass is 10.1. The second-order valence-corrected chi connectivity index (χ2v) is 6.88. The highest BCUT2D eigenvalue weighted by atomic mass is 16.3. The Labute approximate surface area is 173 Å². The van der Waals surface area contributed by atoms with Crippen LogP contribution in [0.15, 0.2) is 66.7 Å². The lowest BCUT2D eigenvalue weighted by Gasteiger charge is -2.21. The zero-order valence-electron chi connectivity index (χ0n) is 16.0. The molecule has 3 rings (SSSR count). The van der Waals surface area contributed by atoms with E-state index in [9.17, 15) is 30.0 Å². The molecule has 0 fully saturated rings. The minimum Gasteiger partial charge on any atom is -0.504 e. The van der Waals surface area contributed by atoms with E-state index in [0.717, 1.165) is 5.56 Å². The maximum atomic E-state index is 12.7. The van der Waals surface area contributed by atoms with E-state index >= 15 is 0 Å². The van der Waals surface area contributed by atoms with Crippen molar-refractivity contribution in [3.63, 3.8) is 0 Å². The van der Waals surface area contributed by atoms with E-state index in [1.165, 1.54) is 36.4 Å². The molecule has 4 N–H and O–H groups in total. The predicted octanol–water partition coefficient (Wildman–Crippen LogP) is 3.08. The van der Waals surface area contributed by atoms with E-state index < -0.39 is 11.5 Å². The third-order valence-electron chi connectivity index (χ3n) is 4.58. The van der Waals surface area contributed by atoms with Gasteiger partial charge in [0.15, 0.2) is 34.6 Å². The van der Waals surface area contributed by atoms with Crippen LogP contribution >= 0.6 is 0 Å². The summed E-state index contributed by atoms with van der Waals surface area (Å²) in [4.78, 5) is 27.1. The number of aromatic hydroxyl groups is 4. The zero-order valence-corrected chi connectivity index (χ0v) is 16.0. The molecule has 7 nitrogen and oxygen atoms in total. The molecule has 7 heteroatoms. The predicted molar refractivity (Wildman–Crippen MR) is 110 cm³/mol. The van der Waals surface area contributed by atoms with Gasteiger partial charge in [-0.15, -0.1) is 0 Å². The zero-order chi connectivity index (χ0) is 21.7. The molecule has 0 aliphatic rings. The van der Waals surface area contributed by atoms with Crippen LogP contribution in [-0.2, 0) is 6.54 Å². The Morgan fingerprint density at radius 3 is 1.53 bits per heavy atom. The van der Waals surface area contributed by atoms with Crippen LogP contribution in [0.4, 0.5) is 0 Å². The molecule has 0 bridgehead atoms. The number of nitrogens with zero attached hydrogens (tertiary/aromatic N) is 1. The van der Waals surface area contributed by atoms with Gasteiger partial charge in [-0.1, -0.05) is 30.3 Å². The Hall–Kier alpha value is -3.84. The first-order valence-electron chi connectivity index (χ1n) is 9.20. The molecule has 0 aromatic heterocycles. The Kier molecular flexibility index (Phi) is 6.34. The average molecular weight is 407 g/mol. The molecule has 3 aromatic carbocycles. The van der Waals surface area contributed by atoms with E-state index in [4.69, 9.17) is 0 Å². The maximum Gasteiger partial charge on any atom is 0.176 e. The molecule has 3 aromatic rings. The summed E-state index contributed by atoms with van der Waals surface area (Å²) in [6.45, 7) is 0.121. The van der Waals surface area contributed by atoms with Crippen molar-refractivity contribution in [1.29, 1.82) is 0 Å². The van der Waals surface area contributed by atoms with Crippen LogP contribution < -0.4 is 0 Å². The van der Waals surface area contributed by atoms with E-state index in [2.05, 4.69) is 0 Å². The van der Waals surface area contributed by atoms with Crippen LogP contribution in [0.5, 0.6) is 23.0 Å². The standard InChI is InChI=1S/C23H21NO6/c25-18-8-6-16(10-20(18)27)22(29)13-24(12-15-4-2-1-3-5-15)14-23(30)17-7-9-19(26)21(28)11-17/h1-11,25-28H,12-14H2. The quantitative estimate of drug-likeness (QED) is 0.335. The van der Waals surface area contributed by atoms with Crippen LogP contribution in [0.2, 0.25) is 0 Å². The molecule has 0 amide bonds. The molecule has 0 atom stereocenters. The summed E-state index contributed by atoms with van der Waals surface area (Å²) in [5, 5.41) is 38.2. The topological polar surface area (TPSA) is 118 Å². The number of hydrogen-bond donors (Lipinski definition) is 4. The molecular weight excluding hydrogens is 386 g/mol. The van der Waals surface area contributed by atoms with Gasteiger partial charge in [0.25, 0.3) is 0 Å². The van der Waals surface area contributed by atoms with Gasteiger partial charge in [0.2, 0.25) is 0 Å². The van der Waals surface area contributed by atoms with Crippen molar-refractivity contribution in [2.24, 2.45) is 0 Å². The number of rotatable bonds is 8. The summed E-state index contributed by atoms with van der Waals surface area (Å²) >= 11 is 0. The largest absolute Gasteiger partial charge is 0.504 e. The molecule has 0 saturated carbocycles. The van der Waals surface area contributed by atoms with Crippen molar-refractivity contribution in [1.82, 2.24) is 4.90 Å². The second-order valence-electron chi connectivity index (χ2n) is 6.88. The fourth-order valence-corrected chi connectivity index (χ4v) is 2.99. The summed E-state index contributed by atoms with van der Waals surface area (Å²) < 4.78 is 0. The third-order valence-corrected chi connectivity index (χ3v) is 4.58. The summed E-state index contributed by atoms with van der Waals surface area (Å²) in [6, 6.07) is 16.9.